The first kappa shape index (κ1) is 23.4. The maximum Gasteiger partial charge on any atom is 0.230 e. The first-order valence-corrected chi connectivity index (χ1v) is 12.8. The lowest BCUT2D eigenvalue weighted by atomic mass is 10.3. The second kappa shape index (κ2) is 10.9. The molecule has 0 bridgehead atoms. The predicted molar refractivity (Wildman–Crippen MR) is 135 cm³/mol. The van der Waals surface area contributed by atoms with E-state index in [1.807, 2.05) is 36.4 Å². The minimum absolute atomic E-state index is 0.0469. The third-order valence-corrected chi connectivity index (χ3v) is 7.88. The molecule has 0 saturated carbocycles. The van der Waals surface area contributed by atoms with E-state index in [2.05, 4.69) is 15.1 Å². The Bertz CT molecular complexity index is 1070. The number of aromatic nitrogens is 1. The topological polar surface area (TPSA) is 57.7 Å². The van der Waals surface area contributed by atoms with Gasteiger partial charge in [0.25, 0.3) is 0 Å². The monoisotopic (exact) mass is 510 g/mol. The van der Waals surface area contributed by atoms with E-state index < -0.39 is 0 Å². The van der Waals surface area contributed by atoms with Gasteiger partial charge in [0.2, 0.25) is 5.91 Å². The molecule has 0 aliphatic carbocycles. The van der Waals surface area contributed by atoms with Gasteiger partial charge in [-0.15, -0.1) is 11.8 Å². The Labute approximate surface area is 205 Å². The molecule has 1 amide bonds. The number of ether oxygens (including phenoxy) is 1. The van der Waals surface area contributed by atoms with Crippen LogP contribution < -0.4 is 15.0 Å². The van der Waals surface area contributed by atoms with E-state index in [0.29, 0.717) is 28.1 Å². The minimum Gasteiger partial charge on any atom is -0.493 e. The van der Waals surface area contributed by atoms with Crippen molar-refractivity contribution in [1.29, 1.82) is 0 Å². The molecular formula is C22H24Cl2N4O2S2. The number of benzene rings is 2. The van der Waals surface area contributed by atoms with Crippen LogP contribution in [0.4, 0.5) is 5.13 Å². The number of fused-ring (bicyclic) bond motifs is 1. The standard InChI is InChI=1S/C22H24Cl2N4O2S2/c1-30-21-17(24)6-7-18-20(21)26-22(32-18)28-12-10-27(11-13-28)9-8-25-19(29)14-31-16-4-2-15(23)3-5-16/h2-7H,8-14H2,1H3,(H,25,29). The van der Waals surface area contributed by atoms with E-state index in [1.165, 1.54) is 11.8 Å². The highest BCUT2D eigenvalue weighted by molar-refractivity contribution is 8.00. The molecule has 0 radical (unpaired) electrons. The van der Waals surface area contributed by atoms with Crippen molar-refractivity contribution in [1.82, 2.24) is 15.2 Å². The quantitative estimate of drug-likeness (QED) is 0.445. The SMILES string of the molecule is COc1c(Cl)ccc2sc(N3CCN(CCNC(=O)CSc4ccc(Cl)cc4)CC3)nc12. The van der Waals surface area contributed by atoms with E-state index in [0.717, 1.165) is 53.0 Å². The Kier molecular flexibility index (Phi) is 8.02. The number of nitrogens with one attached hydrogen (secondary N) is 1. The number of carbonyl (C=O) groups is 1. The number of rotatable bonds is 8. The van der Waals surface area contributed by atoms with Crippen LogP contribution in [-0.2, 0) is 4.79 Å². The summed E-state index contributed by atoms with van der Waals surface area (Å²) in [5.41, 5.74) is 0.821. The second-order valence-electron chi connectivity index (χ2n) is 7.35. The largest absolute Gasteiger partial charge is 0.493 e. The predicted octanol–water partition coefficient (Wildman–Crippen LogP) is 4.64. The van der Waals surface area contributed by atoms with E-state index in [9.17, 15) is 4.79 Å². The molecule has 1 aliphatic rings. The highest BCUT2D eigenvalue weighted by Gasteiger charge is 2.21. The highest BCUT2D eigenvalue weighted by Crippen LogP contribution is 2.38. The molecule has 170 valence electrons. The first-order chi connectivity index (χ1) is 15.5. The van der Waals surface area contributed by atoms with Gasteiger partial charge in [-0.1, -0.05) is 34.5 Å². The van der Waals surface area contributed by atoms with Gasteiger partial charge in [0.1, 0.15) is 5.52 Å². The summed E-state index contributed by atoms with van der Waals surface area (Å²) in [5.74, 6) is 1.08. The molecule has 10 heteroatoms. The molecule has 1 aromatic heterocycles. The number of carbonyl (C=O) groups excluding carboxylic acids is 1. The number of hydrogen-bond acceptors (Lipinski definition) is 7. The third kappa shape index (κ3) is 5.80. The summed E-state index contributed by atoms with van der Waals surface area (Å²) in [7, 11) is 1.62. The van der Waals surface area contributed by atoms with Crippen LogP contribution in [0.1, 0.15) is 0 Å². The minimum atomic E-state index is 0.0469. The van der Waals surface area contributed by atoms with Crippen molar-refractivity contribution >= 4 is 67.6 Å². The molecule has 2 aromatic carbocycles. The molecule has 2 heterocycles. The van der Waals surface area contributed by atoms with E-state index >= 15 is 0 Å². The lowest BCUT2D eigenvalue weighted by molar-refractivity contribution is -0.118. The fraction of sp³-hybridized carbons (Fsp3) is 0.364. The van der Waals surface area contributed by atoms with Gasteiger partial charge in [-0.2, -0.15) is 0 Å². The van der Waals surface area contributed by atoms with Crippen molar-refractivity contribution in [3.8, 4) is 5.75 Å². The van der Waals surface area contributed by atoms with E-state index in [1.54, 1.807) is 18.4 Å². The lowest BCUT2D eigenvalue weighted by Crippen LogP contribution is -2.48. The molecular weight excluding hydrogens is 487 g/mol. The zero-order valence-corrected chi connectivity index (χ0v) is 20.8. The van der Waals surface area contributed by atoms with Crippen LogP contribution in [-0.4, -0.2) is 67.9 Å². The molecule has 1 fully saturated rings. The average Bonchev–Trinajstić information content (AvgIpc) is 3.23. The highest BCUT2D eigenvalue weighted by atomic mass is 35.5. The van der Waals surface area contributed by atoms with Crippen LogP contribution in [0.15, 0.2) is 41.3 Å². The van der Waals surface area contributed by atoms with Crippen molar-refractivity contribution in [2.75, 3.05) is 57.0 Å². The Morgan fingerprint density at radius 1 is 1.16 bits per heavy atom. The first-order valence-electron chi connectivity index (χ1n) is 10.3. The fourth-order valence-corrected chi connectivity index (χ4v) is 5.61. The van der Waals surface area contributed by atoms with Gasteiger partial charge in [0, 0.05) is 49.2 Å². The van der Waals surface area contributed by atoms with Crippen LogP contribution in [0, 0.1) is 0 Å². The number of halogens is 2. The maximum atomic E-state index is 12.1. The number of hydrogen-bond donors (Lipinski definition) is 1. The number of methoxy groups -OCH3 is 1. The lowest BCUT2D eigenvalue weighted by Gasteiger charge is -2.34. The van der Waals surface area contributed by atoms with Crippen molar-refractivity contribution in [3.05, 3.63) is 46.4 Å². The third-order valence-electron chi connectivity index (χ3n) is 5.24. The normalized spacial score (nSPS) is 14.7. The number of amides is 1. The van der Waals surface area contributed by atoms with Gasteiger partial charge in [-0.3, -0.25) is 9.69 Å². The molecule has 0 atom stereocenters. The summed E-state index contributed by atoms with van der Waals surface area (Å²) in [6, 6.07) is 11.4. The van der Waals surface area contributed by atoms with Crippen LogP contribution in [0.25, 0.3) is 10.2 Å². The number of anilines is 1. The van der Waals surface area contributed by atoms with Crippen molar-refractivity contribution < 1.29 is 9.53 Å². The summed E-state index contributed by atoms with van der Waals surface area (Å²) in [5, 5.41) is 5.28. The van der Waals surface area contributed by atoms with Gasteiger partial charge in [-0.05, 0) is 36.4 Å². The molecule has 0 spiro atoms. The van der Waals surface area contributed by atoms with Gasteiger partial charge >= 0.3 is 0 Å². The second-order valence-corrected chi connectivity index (χ2v) is 10.2. The molecule has 1 saturated heterocycles. The Hall–Kier alpha value is -1.71. The Morgan fingerprint density at radius 2 is 1.91 bits per heavy atom. The Balaban J connectivity index is 1.20. The molecule has 4 rings (SSSR count). The molecule has 1 N–H and O–H groups in total. The smallest absolute Gasteiger partial charge is 0.230 e. The average molecular weight is 512 g/mol. The van der Waals surface area contributed by atoms with Crippen LogP contribution in [0.2, 0.25) is 10.0 Å². The zero-order chi connectivity index (χ0) is 22.5. The summed E-state index contributed by atoms with van der Waals surface area (Å²) in [4.78, 5) is 22.6. The van der Waals surface area contributed by atoms with Crippen molar-refractivity contribution in [3.63, 3.8) is 0 Å². The fourth-order valence-electron chi connectivity index (χ4n) is 3.51. The molecule has 3 aromatic rings. The zero-order valence-electron chi connectivity index (χ0n) is 17.6. The van der Waals surface area contributed by atoms with Gasteiger partial charge < -0.3 is 15.0 Å². The summed E-state index contributed by atoms with van der Waals surface area (Å²) >= 11 is 15.3. The number of piperazine rings is 1. The van der Waals surface area contributed by atoms with Crippen LogP contribution >= 0.6 is 46.3 Å². The summed E-state index contributed by atoms with van der Waals surface area (Å²) in [6.07, 6.45) is 0. The van der Waals surface area contributed by atoms with Crippen molar-refractivity contribution in [2.24, 2.45) is 0 Å². The molecule has 1 aliphatic heterocycles. The number of thiazole rings is 1. The van der Waals surface area contributed by atoms with Gasteiger partial charge in [0.15, 0.2) is 10.9 Å². The van der Waals surface area contributed by atoms with E-state index in [-0.39, 0.29) is 5.91 Å². The van der Waals surface area contributed by atoms with Crippen LogP contribution in [0.3, 0.4) is 0 Å². The van der Waals surface area contributed by atoms with Gasteiger partial charge in [0.05, 0.1) is 22.6 Å². The van der Waals surface area contributed by atoms with E-state index in [4.69, 9.17) is 32.9 Å². The van der Waals surface area contributed by atoms with Crippen molar-refractivity contribution in [2.45, 2.75) is 4.90 Å². The molecule has 6 nitrogen and oxygen atoms in total. The number of thioether (sulfide) groups is 1. The summed E-state index contributed by atoms with van der Waals surface area (Å²) in [6.45, 7) is 5.16. The molecule has 0 unspecified atom stereocenters. The Morgan fingerprint density at radius 3 is 2.62 bits per heavy atom. The maximum absolute atomic E-state index is 12.1. The summed E-state index contributed by atoms with van der Waals surface area (Å²) < 4.78 is 6.50. The molecule has 32 heavy (non-hydrogen) atoms. The number of nitrogens with zero attached hydrogens (tertiary/aromatic N) is 3. The van der Waals surface area contributed by atoms with Gasteiger partial charge in [-0.25, -0.2) is 4.98 Å². The van der Waals surface area contributed by atoms with Crippen LogP contribution in [0.5, 0.6) is 5.75 Å².